The number of likely N-dealkylation sites (N-methyl/N-ethyl adjacent to an activating group) is 1. The molecule has 0 amide bonds. The van der Waals surface area contributed by atoms with E-state index in [0.717, 1.165) is 61.9 Å². The van der Waals surface area contributed by atoms with E-state index >= 15 is 0 Å². The summed E-state index contributed by atoms with van der Waals surface area (Å²) in [6, 6.07) is 6.26. The quantitative estimate of drug-likeness (QED) is 0.477. The van der Waals surface area contributed by atoms with Gasteiger partial charge in [-0.25, -0.2) is 9.98 Å². The number of anilines is 2. The number of nitrogens with one attached hydrogen (secondary N) is 2. The van der Waals surface area contributed by atoms with Crippen LogP contribution in [0.3, 0.4) is 0 Å². The van der Waals surface area contributed by atoms with Gasteiger partial charge in [0, 0.05) is 38.8 Å². The Morgan fingerprint density at radius 2 is 2.09 bits per heavy atom. The number of fused-ring (bicyclic) bond motifs is 1. The highest BCUT2D eigenvalue weighted by atomic mass is 16.3. The monoisotopic (exact) mass is 452 g/mol. The van der Waals surface area contributed by atoms with E-state index in [9.17, 15) is 5.11 Å². The minimum atomic E-state index is -0.650. The predicted molar refractivity (Wildman–Crippen MR) is 135 cm³/mol. The summed E-state index contributed by atoms with van der Waals surface area (Å²) in [5, 5.41) is 17.3. The summed E-state index contributed by atoms with van der Waals surface area (Å²) in [6.07, 6.45) is 2.23. The molecule has 0 radical (unpaired) electrons. The normalized spacial score (nSPS) is 21.9. The Morgan fingerprint density at radius 1 is 1.33 bits per heavy atom. The first-order chi connectivity index (χ1) is 15.9. The minimum absolute atomic E-state index is 0.225. The van der Waals surface area contributed by atoms with Crippen molar-refractivity contribution in [3.05, 3.63) is 35.7 Å². The van der Waals surface area contributed by atoms with Crippen molar-refractivity contribution in [1.82, 2.24) is 19.8 Å². The average Bonchev–Trinajstić information content (AvgIpc) is 3.14. The van der Waals surface area contributed by atoms with Crippen LogP contribution in [-0.2, 0) is 0 Å². The van der Waals surface area contributed by atoms with E-state index in [-0.39, 0.29) is 6.04 Å². The Balaban J connectivity index is 1.59. The van der Waals surface area contributed by atoms with Gasteiger partial charge in [-0.1, -0.05) is 13.8 Å². The number of hydrogen-bond acceptors (Lipinski definition) is 6. The van der Waals surface area contributed by atoms with Crippen molar-refractivity contribution in [3.8, 4) is 0 Å². The molecule has 1 unspecified atom stereocenters. The fraction of sp³-hybridized carbons (Fsp3) is 0.542. The van der Waals surface area contributed by atoms with Crippen LogP contribution >= 0.6 is 0 Å². The molecule has 0 aliphatic carbocycles. The number of aliphatic hydroxyl groups excluding tert-OH is 1. The van der Waals surface area contributed by atoms with Crippen LogP contribution in [0.4, 0.5) is 17.3 Å². The molecule has 2 aliphatic rings. The van der Waals surface area contributed by atoms with Gasteiger partial charge >= 0.3 is 0 Å². The maximum Gasteiger partial charge on any atom is 0.229 e. The highest BCUT2D eigenvalue weighted by Crippen LogP contribution is 2.39. The maximum atomic E-state index is 10.8. The third kappa shape index (κ3) is 5.10. The van der Waals surface area contributed by atoms with E-state index in [1.807, 2.05) is 37.2 Å². The zero-order valence-corrected chi connectivity index (χ0v) is 20.1. The zero-order chi connectivity index (χ0) is 23.5. The molecule has 2 aromatic rings. The summed E-state index contributed by atoms with van der Waals surface area (Å²) >= 11 is 0. The molecule has 2 aromatic heterocycles. The van der Waals surface area contributed by atoms with E-state index in [1.165, 1.54) is 0 Å². The molecule has 9 nitrogen and oxygen atoms in total. The Hall–Kier alpha value is -2.75. The van der Waals surface area contributed by atoms with Crippen LogP contribution in [0, 0.1) is 12.8 Å². The SMILES string of the molecule is C=NC(=Nc1c(C)cc2n1[C@@H](CC(C)C)CN(C)C2O)Nc1ccc(N2CCNCC2)cn1. The van der Waals surface area contributed by atoms with Crippen LogP contribution in [0.1, 0.15) is 43.8 Å². The van der Waals surface area contributed by atoms with Crippen molar-refractivity contribution >= 4 is 30.0 Å². The summed E-state index contributed by atoms with van der Waals surface area (Å²) in [5.74, 6) is 2.38. The van der Waals surface area contributed by atoms with Gasteiger partial charge in [0.1, 0.15) is 17.9 Å². The number of aliphatic imine (C=N–C) groups is 2. The second kappa shape index (κ2) is 10.0. The number of hydrogen-bond donors (Lipinski definition) is 3. The molecular weight excluding hydrogens is 416 g/mol. The van der Waals surface area contributed by atoms with Crippen molar-refractivity contribution in [2.75, 3.05) is 50.0 Å². The highest BCUT2D eigenvalue weighted by molar-refractivity contribution is 5.97. The van der Waals surface area contributed by atoms with Crippen LogP contribution in [0.2, 0.25) is 0 Å². The molecule has 33 heavy (non-hydrogen) atoms. The van der Waals surface area contributed by atoms with Crippen molar-refractivity contribution in [1.29, 1.82) is 0 Å². The van der Waals surface area contributed by atoms with E-state index in [1.54, 1.807) is 0 Å². The molecule has 178 valence electrons. The molecule has 9 heteroatoms. The standard InChI is InChI=1S/C24H36N8O/c1-16(2)12-19-15-30(5)23(33)20-13-17(3)22(32(19)20)29-24(25-4)28-21-7-6-18(14-27-21)31-10-8-26-9-11-31/h6-7,13-14,16,19,23,26,33H,4,8-12,15H2,1-3,5H3,(H,27,28,29)/t19-,23?/m0/s1. The zero-order valence-electron chi connectivity index (χ0n) is 20.1. The summed E-state index contributed by atoms with van der Waals surface area (Å²) in [4.78, 5) is 17.8. The summed E-state index contributed by atoms with van der Waals surface area (Å²) in [6.45, 7) is 14.9. The molecule has 0 aromatic carbocycles. The van der Waals surface area contributed by atoms with Crippen LogP contribution in [0.5, 0.6) is 0 Å². The number of rotatable bonds is 5. The predicted octanol–water partition coefficient (Wildman–Crippen LogP) is 2.92. The first-order valence-electron chi connectivity index (χ1n) is 11.7. The van der Waals surface area contributed by atoms with Gasteiger partial charge in [-0.15, -0.1) is 0 Å². The van der Waals surface area contributed by atoms with E-state index in [2.05, 4.69) is 56.7 Å². The van der Waals surface area contributed by atoms with Gasteiger partial charge in [0.15, 0.2) is 0 Å². The van der Waals surface area contributed by atoms with Crippen LogP contribution in [-0.4, -0.2) is 72.0 Å². The molecular formula is C24H36N8O. The number of guanidine groups is 1. The van der Waals surface area contributed by atoms with Gasteiger partial charge in [0.25, 0.3) is 0 Å². The molecule has 1 fully saturated rings. The van der Waals surface area contributed by atoms with E-state index < -0.39 is 6.23 Å². The van der Waals surface area contributed by atoms with Crippen molar-refractivity contribution < 1.29 is 5.11 Å². The Labute approximate surface area is 196 Å². The van der Waals surface area contributed by atoms with E-state index in [4.69, 9.17) is 4.99 Å². The first kappa shape index (κ1) is 23.4. The number of piperazine rings is 1. The first-order valence-corrected chi connectivity index (χ1v) is 11.7. The van der Waals surface area contributed by atoms with Gasteiger partial charge in [-0.05, 0) is 56.8 Å². The Morgan fingerprint density at radius 3 is 2.73 bits per heavy atom. The topological polar surface area (TPSA) is 93.3 Å². The van der Waals surface area contributed by atoms with Gasteiger partial charge in [-0.2, -0.15) is 4.99 Å². The van der Waals surface area contributed by atoms with E-state index in [0.29, 0.717) is 17.7 Å². The molecule has 3 N–H and O–H groups in total. The maximum absolute atomic E-state index is 10.8. The van der Waals surface area contributed by atoms with Crippen LogP contribution < -0.4 is 15.5 Å². The van der Waals surface area contributed by atoms with Gasteiger partial charge in [0.05, 0.1) is 17.6 Å². The third-order valence-electron chi connectivity index (χ3n) is 6.34. The van der Waals surface area contributed by atoms with Gasteiger partial charge in [-0.3, -0.25) is 4.90 Å². The molecule has 0 spiro atoms. The lowest BCUT2D eigenvalue weighted by atomic mass is 10.0. The molecule has 1 saturated heterocycles. The Bertz CT molecular complexity index is 991. The van der Waals surface area contributed by atoms with Crippen molar-refractivity contribution in [2.24, 2.45) is 15.9 Å². The van der Waals surface area contributed by atoms with Gasteiger partial charge < -0.3 is 25.2 Å². The van der Waals surface area contributed by atoms with Crippen molar-refractivity contribution in [2.45, 2.75) is 39.5 Å². The second-order valence-corrected chi connectivity index (χ2v) is 9.40. The summed E-state index contributed by atoms with van der Waals surface area (Å²) < 4.78 is 2.17. The smallest absolute Gasteiger partial charge is 0.229 e. The fourth-order valence-corrected chi connectivity index (χ4v) is 4.74. The Kier molecular flexibility index (Phi) is 7.11. The number of aliphatic hydroxyl groups is 1. The van der Waals surface area contributed by atoms with Crippen LogP contribution in [0.25, 0.3) is 0 Å². The lowest BCUT2D eigenvalue weighted by Gasteiger charge is -2.37. The minimum Gasteiger partial charge on any atom is -0.373 e. The summed E-state index contributed by atoms with van der Waals surface area (Å²) in [5.41, 5.74) is 2.98. The number of pyridine rings is 1. The highest BCUT2D eigenvalue weighted by Gasteiger charge is 2.33. The molecule has 0 bridgehead atoms. The average molecular weight is 453 g/mol. The lowest BCUT2D eigenvalue weighted by Crippen LogP contribution is -2.43. The lowest BCUT2D eigenvalue weighted by molar-refractivity contribution is -0.0158. The van der Waals surface area contributed by atoms with Gasteiger partial charge in [0.2, 0.25) is 5.96 Å². The molecule has 0 saturated carbocycles. The fourth-order valence-electron chi connectivity index (χ4n) is 4.74. The molecule has 2 atom stereocenters. The number of aromatic nitrogens is 2. The molecule has 4 heterocycles. The largest absolute Gasteiger partial charge is 0.373 e. The molecule has 4 rings (SSSR count). The second-order valence-electron chi connectivity index (χ2n) is 9.40. The third-order valence-corrected chi connectivity index (χ3v) is 6.34. The number of aryl methyl sites for hydroxylation is 1. The summed E-state index contributed by atoms with van der Waals surface area (Å²) in [7, 11) is 1.96. The van der Waals surface area contributed by atoms with Crippen LogP contribution in [0.15, 0.2) is 34.4 Å². The number of nitrogens with zero attached hydrogens (tertiary/aromatic N) is 6. The van der Waals surface area contributed by atoms with Crippen molar-refractivity contribution in [3.63, 3.8) is 0 Å². The molecule has 2 aliphatic heterocycles.